The smallest absolute Gasteiger partial charge is 0.0651 e. The van der Waals surface area contributed by atoms with Gasteiger partial charge in [0.2, 0.25) is 0 Å². The lowest BCUT2D eigenvalue weighted by Gasteiger charge is -2.04. The molecule has 5 heteroatoms. The minimum atomic E-state index is 0. The monoisotopic (exact) mass is 480 g/mol. The lowest BCUT2D eigenvalue weighted by Crippen LogP contribution is -1.91. The van der Waals surface area contributed by atoms with Gasteiger partial charge in [0, 0.05) is 45.8 Å². The van der Waals surface area contributed by atoms with Crippen molar-refractivity contribution >= 4 is 67.9 Å². The Kier molecular flexibility index (Phi) is 5.09. The van der Waals surface area contributed by atoms with Gasteiger partial charge in [-0.3, -0.25) is 4.98 Å². The number of pyridine rings is 1. The van der Waals surface area contributed by atoms with Crippen LogP contribution in [0.5, 0.6) is 0 Å². The van der Waals surface area contributed by atoms with Gasteiger partial charge in [-0.15, -0.1) is 24.0 Å². The van der Waals surface area contributed by atoms with Crippen molar-refractivity contribution in [1.82, 2.24) is 9.97 Å². The van der Waals surface area contributed by atoms with Crippen LogP contribution in [0, 0.1) is 0 Å². The predicted octanol–water partition coefficient (Wildman–Crippen LogP) is 5.72. The number of halogens is 1. The molecule has 1 aliphatic rings. The molecule has 0 atom stereocenters. The van der Waals surface area contributed by atoms with Crippen LogP contribution in [0.1, 0.15) is 5.56 Å². The Morgan fingerprint density at radius 1 is 0.857 bits per heavy atom. The molecule has 0 fully saturated rings. The van der Waals surface area contributed by atoms with Gasteiger partial charge in [0.15, 0.2) is 0 Å². The number of fused-ring (bicyclic) bond motifs is 6. The highest BCUT2D eigenvalue weighted by atomic mass is 127. The molecular weight excluding hydrogens is 459 g/mol. The highest BCUT2D eigenvalue weighted by molar-refractivity contribution is 14.0. The molecule has 0 bridgehead atoms. The number of aromatic amines is 1. The number of H-pyrrole nitrogens is 1. The van der Waals surface area contributed by atoms with Crippen molar-refractivity contribution < 1.29 is 0 Å². The van der Waals surface area contributed by atoms with Crippen LogP contribution >= 0.6 is 24.0 Å². The molecule has 140 valence electrons. The van der Waals surface area contributed by atoms with Crippen molar-refractivity contribution in [1.29, 1.82) is 0 Å². The largest absolute Gasteiger partial charge is 0.399 e. The zero-order chi connectivity index (χ0) is 18.2. The van der Waals surface area contributed by atoms with Gasteiger partial charge < -0.3 is 16.0 Å². The maximum Gasteiger partial charge on any atom is 0.0651 e. The highest BCUT2D eigenvalue weighted by Crippen LogP contribution is 2.31. The van der Waals surface area contributed by atoms with E-state index in [2.05, 4.69) is 51.7 Å². The number of nitrogens with zero attached hydrogens (tertiary/aromatic N) is 1. The van der Waals surface area contributed by atoms with Crippen LogP contribution in [0.2, 0.25) is 0 Å². The van der Waals surface area contributed by atoms with E-state index in [4.69, 9.17) is 5.73 Å². The molecular formula is C23H21IN4. The number of nitrogens with one attached hydrogen (secondary N) is 2. The fourth-order valence-electron chi connectivity index (χ4n) is 3.82. The fraction of sp³-hybridized carbons (Fsp3) is 0.0870. The normalized spacial score (nSPS) is 12.1. The first kappa shape index (κ1) is 18.6. The zero-order valence-corrected chi connectivity index (χ0v) is 17.6. The molecule has 0 radical (unpaired) electrons. The van der Waals surface area contributed by atoms with Gasteiger partial charge in [0.05, 0.1) is 11.7 Å². The van der Waals surface area contributed by atoms with E-state index in [1.54, 1.807) is 6.20 Å². The standard InChI is InChI=1S/C12H11N.C11H9N3.HI/c1-2-4-11-9(3-1)5-6-10-7-8-13-12(10)11;12-7-1-2-10-9(5-7)8-3-4-13-6-11(8)14-10;/h1-6,13H,7-8H2;1-6,14H,12H2;1H. The van der Waals surface area contributed by atoms with Crippen molar-refractivity contribution in [3.8, 4) is 0 Å². The third-order valence-corrected chi connectivity index (χ3v) is 5.14. The molecule has 4 N–H and O–H groups in total. The molecule has 1 aliphatic heterocycles. The summed E-state index contributed by atoms with van der Waals surface area (Å²) in [7, 11) is 0. The summed E-state index contributed by atoms with van der Waals surface area (Å²) < 4.78 is 0. The summed E-state index contributed by atoms with van der Waals surface area (Å²) >= 11 is 0. The van der Waals surface area contributed by atoms with E-state index < -0.39 is 0 Å². The molecule has 0 unspecified atom stereocenters. The number of hydrogen-bond acceptors (Lipinski definition) is 3. The van der Waals surface area contributed by atoms with Gasteiger partial charge in [0.1, 0.15) is 0 Å². The summed E-state index contributed by atoms with van der Waals surface area (Å²) in [5.74, 6) is 0. The Hall–Kier alpha value is -2.80. The quantitative estimate of drug-likeness (QED) is 0.196. The molecule has 0 saturated heterocycles. The number of benzene rings is 3. The Morgan fingerprint density at radius 3 is 2.68 bits per heavy atom. The van der Waals surface area contributed by atoms with Gasteiger partial charge in [-0.1, -0.05) is 36.4 Å². The molecule has 0 aliphatic carbocycles. The Bertz CT molecular complexity index is 1280. The lowest BCUT2D eigenvalue weighted by atomic mass is 10.0. The lowest BCUT2D eigenvalue weighted by molar-refractivity contribution is 1.11. The summed E-state index contributed by atoms with van der Waals surface area (Å²) in [6.45, 7) is 1.09. The zero-order valence-electron chi connectivity index (χ0n) is 15.3. The molecule has 0 spiro atoms. The minimum Gasteiger partial charge on any atom is -0.399 e. The summed E-state index contributed by atoms with van der Waals surface area (Å²) in [6, 6.07) is 20.8. The molecule has 0 saturated carbocycles. The minimum absolute atomic E-state index is 0. The predicted molar refractivity (Wildman–Crippen MR) is 130 cm³/mol. The van der Waals surface area contributed by atoms with Crippen LogP contribution < -0.4 is 11.1 Å². The first-order chi connectivity index (χ1) is 13.3. The van der Waals surface area contributed by atoms with Crippen molar-refractivity contribution in [2.24, 2.45) is 0 Å². The molecule has 5 aromatic rings. The van der Waals surface area contributed by atoms with E-state index in [0.717, 1.165) is 28.7 Å². The number of nitrogens with two attached hydrogens (primary N) is 1. The molecule has 28 heavy (non-hydrogen) atoms. The molecule has 2 aromatic heterocycles. The summed E-state index contributed by atoms with van der Waals surface area (Å²) in [4.78, 5) is 7.36. The number of hydrogen-bond donors (Lipinski definition) is 3. The molecule has 3 aromatic carbocycles. The Balaban J connectivity index is 0.000000133. The van der Waals surface area contributed by atoms with Crippen LogP contribution in [0.4, 0.5) is 11.4 Å². The van der Waals surface area contributed by atoms with Gasteiger partial charge >= 0.3 is 0 Å². The van der Waals surface area contributed by atoms with Crippen molar-refractivity contribution in [3.05, 3.63) is 78.6 Å². The van der Waals surface area contributed by atoms with E-state index in [0.29, 0.717) is 0 Å². The van der Waals surface area contributed by atoms with Crippen LogP contribution in [0.3, 0.4) is 0 Å². The van der Waals surface area contributed by atoms with E-state index in [9.17, 15) is 0 Å². The molecule has 0 amide bonds. The number of anilines is 2. The average Bonchev–Trinajstić information content (AvgIpc) is 3.33. The highest BCUT2D eigenvalue weighted by Gasteiger charge is 2.11. The van der Waals surface area contributed by atoms with Crippen LogP contribution in [-0.4, -0.2) is 16.5 Å². The number of nitrogen functional groups attached to an aromatic ring is 1. The second-order valence-electron chi connectivity index (χ2n) is 6.85. The van der Waals surface area contributed by atoms with Crippen LogP contribution in [-0.2, 0) is 6.42 Å². The van der Waals surface area contributed by atoms with Gasteiger partial charge in [0.25, 0.3) is 0 Å². The van der Waals surface area contributed by atoms with E-state index >= 15 is 0 Å². The summed E-state index contributed by atoms with van der Waals surface area (Å²) in [6.07, 6.45) is 4.78. The topological polar surface area (TPSA) is 66.7 Å². The third kappa shape index (κ3) is 3.26. The summed E-state index contributed by atoms with van der Waals surface area (Å²) in [5, 5.41) is 8.46. The average molecular weight is 480 g/mol. The summed E-state index contributed by atoms with van der Waals surface area (Å²) in [5.41, 5.74) is 11.5. The van der Waals surface area contributed by atoms with Crippen LogP contribution in [0.15, 0.2) is 73.1 Å². The SMILES string of the molecule is I.Nc1ccc2[nH]c3cnccc3c2c1.c1ccc2c3c(ccc2c1)CCN3. The molecule has 4 nitrogen and oxygen atoms in total. The maximum atomic E-state index is 5.74. The van der Waals surface area contributed by atoms with Gasteiger partial charge in [-0.2, -0.15) is 0 Å². The second kappa shape index (κ2) is 7.67. The van der Waals surface area contributed by atoms with Crippen LogP contribution in [0.25, 0.3) is 32.6 Å². The van der Waals surface area contributed by atoms with E-state index in [1.807, 2.05) is 30.5 Å². The van der Waals surface area contributed by atoms with Gasteiger partial charge in [-0.25, -0.2) is 0 Å². The Labute approximate surface area is 180 Å². The first-order valence-electron chi connectivity index (χ1n) is 9.15. The molecule has 3 heterocycles. The van der Waals surface area contributed by atoms with Crippen molar-refractivity contribution in [2.75, 3.05) is 17.6 Å². The van der Waals surface area contributed by atoms with Crippen molar-refractivity contribution in [3.63, 3.8) is 0 Å². The Morgan fingerprint density at radius 2 is 1.75 bits per heavy atom. The second-order valence-corrected chi connectivity index (χ2v) is 6.85. The molecule has 6 rings (SSSR count). The number of aromatic nitrogens is 2. The first-order valence-corrected chi connectivity index (χ1v) is 9.15. The van der Waals surface area contributed by atoms with E-state index in [1.165, 1.54) is 33.8 Å². The fourth-order valence-corrected chi connectivity index (χ4v) is 3.82. The van der Waals surface area contributed by atoms with Gasteiger partial charge in [-0.05, 0) is 41.6 Å². The number of rotatable bonds is 0. The van der Waals surface area contributed by atoms with Crippen molar-refractivity contribution in [2.45, 2.75) is 6.42 Å². The third-order valence-electron chi connectivity index (χ3n) is 5.14. The van der Waals surface area contributed by atoms with E-state index in [-0.39, 0.29) is 24.0 Å². The maximum absolute atomic E-state index is 5.74.